The normalized spacial score (nSPS) is 11.5. The first-order valence-electron chi connectivity index (χ1n) is 7.15. The third-order valence-corrected chi connectivity index (χ3v) is 3.26. The van der Waals surface area contributed by atoms with Gasteiger partial charge >= 0.3 is 6.18 Å². The number of aromatic nitrogens is 1. The Morgan fingerprint density at radius 1 is 1.17 bits per heavy atom. The van der Waals surface area contributed by atoms with Gasteiger partial charge in [-0.15, -0.1) is 0 Å². The summed E-state index contributed by atoms with van der Waals surface area (Å²) in [5.41, 5.74) is 1.18. The zero-order valence-electron chi connectivity index (χ0n) is 12.9. The van der Waals surface area contributed by atoms with Crippen LogP contribution in [0.5, 0.6) is 0 Å². The van der Waals surface area contributed by atoms with Crippen molar-refractivity contribution in [1.29, 1.82) is 0 Å². The summed E-state index contributed by atoms with van der Waals surface area (Å²) in [6.45, 7) is -1.55. The summed E-state index contributed by atoms with van der Waals surface area (Å²) < 4.78 is 37.8. The van der Waals surface area contributed by atoms with Crippen LogP contribution in [0.4, 0.5) is 18.9 Å². The van der Waals surface area contributed by atoms with Gasteiger partial charge in [0.2, 0.25) is 11.8 Å². The highest BCUT2D eigenvalue weighted by Gasteiger charge is 2.26. The number of rotatable bonds is 6. The number of carbonyl (C=O) groups is 2. The van der Waals surface area contributed by atoms with E-state index in [1.807, 2.05) is 11.4 Å². The maximum atomic E-state index is 12.0. The second-order valence-corrected chi connectivity index (χ2v) is 5.16. The lowest BCUT2D eigenvalue weighted by Crippen LogP contribution is -2.35. The molecule has 6 nitrogen and oxygen atoms in total. The number of halogens is 3. The van der Waals surface area contributed by atoms with Crippen LogP contribution >= 0.6 is 0 Å². The number of benzene rings is 1. The number of likely N-dealkylation sites (N-methyl/N-ethyl adjacent to an activating group) is 1. The second-order valence-electron chi connectivity index (χ2n) is 5.16. The second kappa shape index (κ2) is 7.35. The monoisotopic (exact) mass is 342 g/mol. The fourth-order valence-electron chi connectivity index (χ4n) is 2.16. The largest absolute Gasteiger partial charge is 0.401 e. The number of hydrogen-bond donors (Lipinski definition) is 3. The first-order valence-corrected chi connectivity index (χ1v) is 7.15. The smallest absolute Gasteiger partial charge is 0.358 e. The molecule has 0 fully saturated rings. The Hall–Kier alpha value is -2.55. The molecule has 1 heterocycles. The van der Waals surface area contributed by atoms with Gasteiger partial charge in [0.05, 0.1) is 18.6 Å². The van der Waals surface area contributed by atoms with Gasteiger partial charge in [0.1, 0.15) is 6.54 Å². The maximum Gasteiger partial charge on any atom is 0.401 e. The van der Waals surface area contributed by atoms with Crippen molar-refractivity contribution in [3.05, 3.63) is 30.5 Å². The molecule has 3 N–H and O–H groups in total. The number of hydrogen-bond acceptors (Lipinski definition) is 3. The summed E-state index contributed by atoms with van der Waals surface area (Å²) in [5, 5.41) is 7.95. The van der Waals surface area contributed by atoms with Crippen molar-refractivity contribution in [2.45, 2.75) is 12.7 Å². The third kappa shape index (κ3) is 4.98. The first-order chi connectivity index (χ1) is 11.3. The van der Waals surface area contributed by atoms with Crippen LogP contribution in [0, 0.1) is 0 Å². The molecule has 0 spiro atoms. The minimum absolute atomic E-state index is 0.130. The molecular weight excluding hydrogens is 325 g/mol. The Kier molecular flexibility index (Phi) is 5.45. The molecule has 0 saturated carbocycles. The fourth-order valence-corrected chi connectivity index (χ4v) is 2.16. The number of fused-ring (bicyclic) bond motifs is 1. The minimum Gasteiger partial charge on any atom is -0.358 e. The molecule has 0 saturated heterocycles. The zero-order valence-corrected chi connectivity index (χ0v) is 12.9. The molecule has 130 valence electrons. The topological polar surface area (TPSA) is 75.2 Å². The van der Waals surface area contributed by atoms with E-state index in [4.69, 9.17) is 0 Å². The zero-order chi connectivity index (χ0) is 17.7. The Morgan fingerprint density at radius 2 is 1.92 bits per heavy atom. The van der Waals surface area contributed by atoms with Gasteiger partial charge in [-0.1, -0.05) is 6.07 Å². The molecule has 0 atom stereocenters. The standard InChI is InChI=1S/C15H17F3N4O2/c1-19-14(24)8-22-5-4-10-2-3-11(6-12(10)22)21-13(23)7-20-9-15(16,17)18/h2-6,20H,7-9H2,1H3,(H,19,24)(H,21,23). The first kappa shape index (κ1) is 17.8. The van der Waals surface area contributed by atoms with Crippen LogP contribution in [-0.4, -0.2) is 42.7 Å². The van der Waals surface area contributed by atoms with Crippen molar-refractivity contribution < 1.29 is 22.8 Å². The van der Waals surface area contributed by atoms with E-state index in [0.717, 1.165) is 10.9 Å². The lowest BCUT2D eigenvalue weighted by molar-refractivity contribution is -0.127. The van der Waals surface area contributed by atoms with Crippen LogP contribution < -0.4 is 16.0 Å². The van der Waals surface area contributed by atoms with E-state index in [0.29, 0.717) is 5.69 Å². The summed E-state index contributed by atoms with van der Waals surface area (Å²) in [5.74, 6) is -0.749. The Bertz CT molecular complexity index is 740. The molecule has 0 aliphatic carbocycles. The van der Waals surface area contributed by atoms with Crippen molar-refractivity contribution in [1.82, 2.24) is 15.2 Å². The van der Waals surface area contributed by atoms with Crippen molar-refractivity contribution in [2.75, 3.05) is 25.5 Å². The van der Waals surface area contributed by atoms with Crippen LogP contribution in [0.15, 0.2) is 30.5 Å². The van der Waals surface area contributed by atoms with Crippen molar-refractivity contribution in [3.8, 4) is 0 Å². The van der Waals surface area contributed by atoms with E-state index in [1.54, 1.807) is 29.0 Å². The maximum absolute atomic E-state index is 12.0. The van der Waals surface area contributed by atoms with Gasteiger partial charge in [-0.25, -0.2) is 0 Å². The number of nitrogens with one attached hydrogen (secondary N) is 3. The van der Waals surface area contributed by atoms with Gasteiger partial charge in [-0.2, -0.15) is 13.2 Å². The molecule has 24 heavy (non-hydrogen) atoms. The summed E-state index contributed by atoms with van der Waals surface area (Å²) >= 11 is 0. The number of amides is 2. The van der Waals surface area contributed by atoms with Gasteiger partial charge in [-0.05, 0) is 23.6 Å². The van der Waals surface area contributed by atoms with Crippen LogP contribution in [0.2, 0.25) is 0 Å². The van der Waals surface area contributed by atoms with Gasteiger partial charge in [0, 0.05) is 18.9 Å². The van der Waals surface area contributed by atoms with Crippen molar-refractivity contribution in [3.63, 3.8) is 0 Å². The molecule has 9 heteroatoms. The molecule has 0 aliphatic rings. The number of carbonyl (C=O) groups excluding carboxylic acids is 2. The molecule has 0 unspecified atom stereocenters. The summed E-state index contributed by atoms with van der Waals surface area (Å²) in [7, 11) is 1.54. The molecule has 2 amide bonds. The Labute approximate surface area is 136 Å². The SMILES string of the molecule is CNC(=O)Cn1ccc2ccc(NC(=O)CNCC(F)(F)F)cc21. The summed E-state index contributed by atoms with van der Waals surface area (Å²) in [6, 6.07) is 6.90. The molecule has 1 aromatic carbocycles. The van der Waals surface area contributed by atoms with E-state index in [2.05, 4.69) is 10.6 Å². The molecule has 1 aromatic heterocycles. The molecule has 0 bridgehead atoms. The number of anilines is 1. The highest BCUT2D eigenvalue weighted by atomic mass is 19.4. The lowest BCUT2D eigenvalue weighted by Gasteiger charge is -2.10. The highest BCUT2D eigenvalue weighted by Crippen LogP contribution is 2.20. The van der Waals surface area contributed by atoms with Crippen LogP contribution in [0.25, 0.3) is 10.9 Å². The van der Waals surface area contributed by atoms with Crippen LogP contribution in [0.3, 0.4) is 0 Å². The average molecular weight is 342 g/mol. The van der Waals surface area contributed by atoms with Crippen LogP contribution in [0.1, 0.15) is 0 Å². The predicted molar refractivity (Wildman–Crippen MR) is 83.6 cm³/mol. The lowest BCUT2D eigenvalue weighted by atomic mass is 10.2. The number of nitrogens with zero attached hydrogens (tertiary/aromatic N) is 1. The van der Waals surface area contributed by atoms with Crippen molar-refractivity contribution in [2.24, 2.45) is 0 Å². The molecular formula is C15H17F3N4O2. The molecule has 2 aromatic rings. The van der Waals surface area contributed by atoms with Gasteiger partial charge in [0.15, 0.2) is 0 Å². The van der Waals surface area contributed by atoms with E-state index in [-0.39, 0.29) is 12.5 Å². The fraction of sp³-hybridized carbons (Fsp3) is 0.333. The van der Waals surface area contributed by atoms with Gasteiger partial charge in [0.25, 0.3) is 0 Å². The minimum atomic E-state index is -4.36. The van der Waals surface area contributed by atoms with E-state index >= 15 is 0 Å². The van der Waals surface area contributed by atoms with Gasteiger partial charge < -0.3 is 20.5 Å². The van der Waals surface area contributed by atoms with Crippen LogP contribution in [-0.2, 0) is 16.1 Å². The van der Waals surface area contributed by atoms with E-state index in [9.17, 15) is 22.8 Å². The Balaban J connectivity index is 2.03. The quantitative estimate of drug-likeness (QED) is 0.744. The molecule has 0 radical (unpaired) electrons. The summed E-state index contributed by atoms with van der Waals surface area (Å²) in [6.07, 6.45) is -2.61. The highest BCUT2D eigenvalue weighted by molar-refractivity contribution is 5.95. The van der Waals surface area contributed by atoms with E-state index < -0.39 is 25.2 Å². The van der Waals surface area contributed by atoms with Gasteiger partial charge in [-0.3, -0.25) is 9.59 Å². The average Bonchev–Trinajstić information content (AvgIpc) is 2.88. The summed E-state index contributed by atoms with van der Waals surface area (Å²) in [4.78, 5) is 23.2. The van der Waals surface area contributed by atoms with E-state index in [1.165, 1.54) is 7.05 Å². The third-order valence-electron chi connectivity index (χ3n) is 3.26. The Morgan fingerprint density at radius 3 is 2.58 bits per heavy atom. The predicted octanol–water partition coefficient (Wildman–Crippen LogP) is 1.48. The number of alkyl halides is 3. The molecule has 2 rings (SSSR count). The molecule has 0 aliphatic heterocycles. The van der Waals surface area contributed by atoms with Crippen molar-refractivity contribution >= 4 is 28.4 Å².